The minimum absolute atomic E-state index is 0.0268. The molecule has 1 unspecified atom stereocenters. The SMILES string of the molecule is CCOc1ccc2nc(N3C(=O)C(O)=C(C(=O)c4cc5ccccc5o4)C3c3ccccn3)sc2c1. The number of ether oxygens (including phenoxy) is 1. The normalized spacial score (nSPS) is 15.9. The number of aliphatic hydroxyl groups excluding tert-OH is 1. The number of amides is 1. The highest BCUT2D eigenvalue weighted by Gasteiger charge is 2.47. The molecule has 5 aromatic rings. The van der Waals surface area contributed by atoms with Gasteiger partial charge in [-0.3, -0.25) is 19.5 Å². The lowest BCUT2D eigenvalue weighted by Crippen LogP contribution is -2.31. The van der Waals surface area contributed by atoms with Crippen LogP contribution in [0, 0.1) is 0 Å². The van der Waals surface area contributed by atoms with Gasteiger partial charge in [-0.15, -0.1) is 0 Å². The third-order valence-corrected chi connectivity index (χ3v) is 6.95. The number of pyridine rings is 1. The first-order chi connectivity index (χ1) is 17.5. The van der Waals surface area contributed by atoms with E-state index in [1.165, 1.54) is 16.2 Å². The molecule has 1 aliphatic heterocycles. The smallest absolute Gasteiger partial charge is 0.296 e. The molecule has 1 aliphatic rings. The maximum Gasteiger partial charge on any atom is 0.296 e. The van der Waals surface area contributed by atoms with Crippen molar-refractivity contribution in [3.05, 3.63) is 95.7 Å². The number of nitrogens with zero attached hydrogens (tertiary/aromatic N) is 3. The first-order valence-corrected chi connectivity index (χ1v) is 12.1. The highest BCUT2D eigenvalue weighted by molar-refractivity contribution is 7.22. The number of Topliss-reactive ketones (excluding diaryl/α,β-unsaturated/α-hetero) is 1. The molecule has 0 saturated heterocycles. The van der Waals surface area contributed by atoms with Gasteiger partial charge in [0.2, 0.25) is 5.78 Å². The fourth-order valence-corrected chi connectivity index (χ4v) is 5.35. The van der Waals surface area contributed by atoms with Gasteiger partial charge in [-0.2, -0.15) is 0 Å². The van der Waals surface area contributed by atoms with Gasteiger partial charge in [0.1, 0.15) is 17.4 Å². The Bertz CT molecular complexity index is 1640. The third-order valence-electron chi connectivity index (χ3n) is 5.94. The number of carbonyl (C=O) groups excluding carboxylic acids is 2. The number of anilines is 1. The summed E-state index contributed by atoms with van der Waals surface area (Å²) in [6.07, 6.45) is 1.57. The molecule has 4 heterocycles. The first kappa shape index (κ1) is 22.0. The van der Waals surface area contributed by atoms with Crippen molar-refractivity contribution in [2.45, 2.75) is 13.0 Å². The molecule has 1 amide bonds. The molecule has 6 rings (SSSR count). The van der Waals surface area contributed by atoms with Crippen LogP contribution in [0.15, 0.2) is 88.7 Å². The van der Waals surface area contributed by atoms with Crippen molar-refractivity contribution >= 4 is 49.3 Å². The third kappa shape index (κ3) is 3.52. The van der Waals surface area contributed by atoms with Gasteiger partial charge in [-0.1, -0.05) is 35.6 Å². The number of furan rings is 1. The number of hydrogen-bond donors (Lipinski definition) is 1. The van der Waals surface area contributed by atoms with E-state index in [2.05, 4.69) is 9.97 Å². The van der Waals surface area contributed by atoms with Gasteiger partial charge in [0, 0.05) is 11.6 Å². The molecule has 8 nitrogen and oxygen atoms in total. The van der Waals surface area contributed by atoms with E-state index in [0.717, 1.165) is 10.1 Å². The molecule has 1 N–H and O–H groups in total. The fraction of sp³-hybridized carbons (Fsp3) is 0.111. The Kier molecular flexibility index (Phi) is 5.26. The molecular formula is C27H19N3O5S. The summed E-state index contributed by atoms with van der Waals surface area (Å²) in [5.74, 6) is -1.25. The van der Waals surface area contributed by atoms with E-state index in [4.69, 9.17) is 9.15 Å². The number of aliphatic hydroxyl groups is 1. The molecule has 2 aromatic carbocycles. The highest BCUT2D eigenvalue weighted by Crippen LogP contribution is 2.44. The largest absolute Gasteiger partial charge is 0.503 e. The van der Waals surface area contributed by atoms with Crippen LogP contribution in [0.1, 0.15) is 29.2 Å². The summed E-state index contributed by atoms with van der Waals surface area (Å²) in [7, 11) is 0. The Labute approximate surface area is 209 Å². The Hall–Kier alpha value is -4.50. The summed E-state index contributed by atoms with van der Waals surface area (Å²) in [5.41, 5.74) is 1.52. The van der Waals surface area contributed by atoms with Crippen LogP contribution in [-0.4, -0.2) is 33.4 Å². The van der Waals surface area contributed by atoms with E-state index >= 15 is 0 Å². The minimum Gasteiger partial charge on any atom is -0.503 e. The van der Waals surface area contributed by atoms with E-state index in [0.29, 0.717) is 34.3 Å². The summed E-state index contributed by atoms with van der Waals surface area (Å²) in [6.45, 7) is 2.42. The predicted molar refractivity (Wildman–Crippen MR) is 135 cm³/mol. The molecule has 0 aliphatic carbocycles. The number of fused-ring (bicyclic) bond motifs is 2. The van der Waals surface area contributed by atoms with E-state index in [-0.39, 0.29) is 11.3 Å². The van der Waals surface area contributed by atoms with Crippen LogP contribution in [0.3, 0.4) is 0 Å². The first-order valence-electron chi connectivity index (χ1n) is 11.3. The van der Waals surface area contributed by atoms with Crippen molar-refractivity contribution < 1.29 is 23.8 Å². The van der Waals surface area contributed by atoms with Crippen LogP contribution >= 0.6 is 11.3 Å². The maximum atomic E-state index is 13.7. The number of benzene rings is 2. The number of ketones is 1. The molecule has 0 bridgehead atoms. The second-order valence-electron chi connectivity index (χ2n) is 8.13. The van der Waals surface area contributed by atoms with Gasteiger partial charge in [-0.25, -0.2) is 4.98 Å². The van der Waals surface area contributed by atoms with Crippen molar-refractivity contribution in [1.29, 1.82) is 0 Å². The zero-order valence-corrected chi connectivity index (χ0v) is 19.9. The molecule has 1 atom stereocenters. The number of hydrogen-bond acceptors (Lipinski definition) is 8. The Morgan fingerprint density at radius 3 is 2.75 bits per heavy atom. The van der Waals surface area contributed by atoms with Crippen molar-refractivity contribution in [2.24, 2.45) is 0 Å². The minimum atomic E-state index is -0.980. The van der Waals surface area contributed by atoms with E-state index in [1.54, 1.807) is 42.6 Å². The quantitative estimate of drug-likeness (QED) is 0.304. The van der Waals surface area contributed by atoms with Crippen molar-refractivity contribution in [3.8, 4) is 5.75 Å². The van der Waals surface area contributed by atoms with Gasteiger partial charge < -0.3 is 14.3 Å². The van der Waals surface area contributed by atoms with Crippen LogP contribution in [0.4, 0.5) is 5.13 Å². The average Bonchev–Trinajstić information content (AvgIpc) is 3.58. The molecule has 3 aromatic heterocycles. The summed E-state index contributed by atoms with van der Waals surface area (Å²) >= 11 is 1.27. The fourth-order valence-electron chi connectivity index (χ4n) is 4.33. The Morgan fingerprint density at radius 1 is 1.14 bits per heavy atom. The highest BCUT2D eigenvalue weighted by atomic mass is 32.1. The number of aromatic nitrogens is 2. The molecule has 9 heteroatoms. The molecular weight excluding hydrogens is 478 g/mol. The number of thiazole rings is 1. The zero-order valence-electron chi connectivity index (χ0n) is 19.0. The van der Waals surface area contributed by atoms with Crippen LogP contribution < -0.4 is 9.64 Å². The second kappa shape index (κ2) is 8.62. The van der Waals surface area contributed by atoms with Gasteiger partial charge in [-0.05, 0) is 49.4 Å². The predicted octanol–water partition coefficient (Wildman–Crippen LogP) is 5.62. The van der Waals surface area contributed by atoms with Crippen LogP contribution in [0.2, 0.25) is 0 Å². The van der Waals surface area contributed by atoms with Crippen molar-refractivity contribution in [2.75, 3.05) is 11.5 Å². The van der Waals surface area contributed by atoms with Crippen LogP contribution in [0.25, 0.3) is 21.2 Å². The molecule has 36 heavy (non-hydrogen) atoms. The summed E-state index contributed by atoms with van der Waals surface area (Å²) in [4.78, 5) is 37.4. The lowest BCUT2D eigenvalue weighted by atomic mass is 9.98. The lowest BCUT2D eigenvalue weighted by molar-refractivity contribution is -0.117. The Morgan fingerprint density at radius 2 is 1.97 bits per heavy atom. The zero-order chi connectivity index (χ0) is 24.8. The van der Waals surface area contributed by atoms with Gasteiger partial charge in [0.25, 0.3) is 5.91 Å². The molecule has 178 valence electrons. The average molecular weight is 498 g/mol. The number of rotatable bonds is 6. The summed E-state index contributed by atoms with van der Waals surface area (Å²) < 4.78 is 12.2. The summed E-state index contributed by atoms with van der Waals surface area (Å²) in [5, 5.41) is 12.0. The number of para-hydroxylation sites is 1. The standard InChI is InChI=1S/C27H19N3O5S/c1-2-34-16-10-11-17-21(14-16)36-27(29-17)30-23(18-8-5-6-12-28-18)22(25(32)26(30)33)24(31)20-13-15-7-3-4-9-19(15)35-20/h3-14,23,32H,2H2,1H3. The summed E-state index contributed by atoms with van der Waals surface area (Å²) in [6, 6.07) is 18.5. The van der Waals surface area contributed by atoms with E-state index in [1.807, 2.05) is 37.3 Å². The molecule has 0 radical (unpaired) electrons. The van der Waals surface area contributed by atoms with Crippen LogP contribution in [-0.2, 0) is 4.79 Å². The van der Waals surface area contributed by atoms with Gasteiger partial charge in [0.05, 0.1) is 28.1 Å². The van der Waals surface area contributed by atoms with E-state index in [9.17, 15) is 14.7 Å². The Balaban J connectivity index is 1.47. The maximum absolute atomic E-state index is 13.7. The topological polar surface area (TPSA) is 106 Å². The molecule has 0 fully saturated rings. The number of carbonyl (C=O) groups is 2. The van der Waals surface area contributed by atoms with Gasteiger partial charge in [0.15, 0.2) is 16.7 Å². The monoisotopic (exact) mass is 497 g/mol. The van der Waals surface area contributed by atoms with Crippen LogP contribution in [0.5, 0.6) is 5.75 Å². The molecule has 0 saturated carbocycles. The molecule has 0 spiro atoms. The van der Waals surface area contributed by atoms with Crippen molar-refractivity contribution in [3.63, 3.8) is 0 Å². The second-order valence-corrected chi connectivity index (χ2v) is 9.14. The van der Waals surface area contributed by atoms with Gasteiger partial charge >= 0.3 is 0 Å². The van der Waals surface area contributed by atoms with E-state index < -0.39 is 23.5 Å². The van der Waals surface area contributed by atoms with Crippen molar-refractivity contribution in [1.82, 2.24) is 9.97 Å². The lowest BCUT2D eigenvalue weighted by Gasteiger charge is -2.23.